The van der Waals surface area contributed by atoms with Gasteiger partial charge in [-0.2, -0.15) is 0 Å². The lowest BCUT2D eigenvalue weighted by molar-refractivity contribution is 0.0947. The highest BCUT2D eigenvalue weighted by molar-refractivity contribution is 6.30. The van der Waals surface area contributed by atoms with Gasteiger partial charge < -0.3 is 20.0 Å². The molecule has 0 saturated carbocycles. The van der Waals surface area contributed by atoms with E-state index < -0.39 is 0 Å². The van der Waals surface area contributed by atoms with E-state index in [4.69, 9.17) is 11.6 Å². The molecule has 6 heteroatoms. The number of carbonyl (C=O) groups is 1. The van der Waals surface area contributed by atoms with Crippen molar-refractivity contribution < 1.29 is 4.79 Å². The Balaban J connectivity index is 1.55. The van der Waals surface area contributed by atoms with Crippen LogP contribution >= 0.6 is 11.6 Å². The first-order valence-electron chi connectivity index (χ1n) is 12.0. The highest BCUT2D eigenvalue weighted by Crippen LogP contribution is 2.10. The molecule has 0 aliphatic carbocycles. The molecule has 0 unspecified atom stereocenters. The van der Waals surface area contributed by atoms with Crippen LogP contribution in [0.4, 0.5) is 0 Å². The van der Waals surface area contributed by atoms with Crippen molar-refractivity contribution in [3.8, 4) is 0 Å². The molecule has 1 aromatic carbocycles. The number of hydrogen-bond acceptors (Lipinski definition) is 4. The zero-order valence-electron chi connectivity index (χ0n) is 20.1. The van der Waals surface area contributed by atoms with Crippen LogP contribution in [-0.4, -0.2) is 86.1 Å². The van der Waals surface area contributed by atoms with Gasteiger partial charge in [-0.25, -0.2) is 0 Å². The van der Waals surface area contributed by atoms with Crippen LogP contribution in [0.1, 0.15) is 50.9 Å². The van der Waals surface area contributed by atoms with Gasteiger partial charge in [-0.1, -0.05) is 39.3 Å². The number of nitrogens with zero attached hydrogens (tertiary/aromatic N) is 3. The molecule has 1 saturated heterocycles. The van der Waals surface area contributed by atoms with Crippen LogP contribution in [0.25, 0.3) is 0 Å². The molecule has 1 heterocycles. The fraction of sp³-hybridized carbons (Fsp3) is 0.720. The minimum Gasteiger partial charge on any atom is -0.352 e. The Hall–Kier alpha value is -1.14. The number of carbonyl (C=O) groups excluding carboxylic acids is 1. The monoisotopic (exact) mass is 450 g/mol. The van der Waals surface area contributed by atoms with Crippen molar-refractivity contribution in [3.63, 3.8) is 0 Å². The SMILES string of the molecule is CC(C)CN(CCCN1CCN(CCCNC(=O)c2ccc(Cl)cc2)CC1)CC(C)C. The maximum atomic E-state index is 12.1. The second kappa shape index (κ2) is 14.1. The van der Waals surface area contributed by atoms with Gasteiger partial charge in [-0.3, -0.25) is 4.79 Å². The van der Waals surface area contributed by atoms with Crippen molar-refractivity contribution in [3.05, 3.63) is 34.9 Å². The average molecular weight is 451 g/mol. The largest absolute Gasteiger partial charge is 0.352 e. The first kappa shape index (κ1) is 26.1. The normalized spacial score (nSPS) is 15.9. The van der Waals surface area contributed by atoms with Crippen LogP contribution in [0.5, 0.6) is 0 Å². The van der Waals surface area contributed by atoms with E-state index in [2.05, 4.69) is 47.7 Å². The summed E-state index contributed by atoms with van der Waals surface area (Å²) in [5, 5.41) is 3.66. The lowest BCUT2D eigenvalue weighted by Crippen LogP contribution is -2.47. The highest BCUT2D eigenvalue weighted by Gasteiger charge is 2.17. The van der Waals surface area contributed by atoms with E-state index in [1.807, 2.05) is 0 Å². The summed E-state index contributed by atoms with van der Waals surface area (Å²) in [5.41, 5.74) is 0.665. The molecule has 1 amide bonds. The van der Waals surface area contributed by atoms with Crippen LogP contribution in [0.15, 0.2) is 24.3 Å². The Labute approximate surface area is 195 Å². The van der Waals surface area contributed by atoms with Crippen molar-refractivity contribution in [1.82, 2.24) is 20.0 Å². The molecule has 1 aliphatic rings. The van der Waals surface area contributed by atoms with E-state index in [0.29, 0.717) is 17.1 Å². The number of hydrogen-bond donors (Lipinski definition) is 1. The number of halogens is 1. The van der Waals surface area contributed by atoms with Gasteiger partial charge >= 0.3 is 0 Å². The molecule has 31 heavy (non-hydrogen) atoms. The third-order valence-corrected chi connectivity index (χ3v) is 5.96. The third kappa shape index (κ3) is 10.8. The Kier molecular flexibility index (Phi) is 11.9. The molecular weight excluding hydrogens is 408 g/mol. The summed E-state index contributed by atoms with van der Waals surface area (Å²) in [7, 11) is 0. The molecule has 0 atom stereocenters. The Morgan fingerprint density at radius 2 is 1.45 bits per heavy atom. The van der Waals surface area contributed by atoms with Gasteiger partial charge in [0.25, 0.3) is 5.91 Å². The standard InChI is InChI=1S/C25H43ClN4O/c1-21(2)19-30(20-22(3)4)14-6-13-29-17-15-28(16-18-29)12-5-11-27-25(31)23-7-9-24(26)10-8-23/h7-10,21-22H,5-6,11-20H2,1-4H3,(H,27,31). The first-order valence-corrected chi connectivity index (χ1v) is 12.4. The van der Waals surface area contributed by atoms with Crippen molar-refractivity contribution in [1.29, 1.82) is 0 Å². The topological polar surface area (TPSA) is 38.8 Å². The van der Waals surface area contributed by atoms with Gasteiger partial charge in [0, 0.05) is 56.4 Å². The smallest absolute Gasteiger partial charge is 0.251 e. The lowest BCUT2D eigenvalue weighted by Gasteiger charge is -2.35. The Morgan fingerprint density at radius 1 is 0.935 bits per heavy atom. The van der Waals surface area contributed by atoms with E-state index >= 15 is 0 Å². The molecular formula is C25H43ClN4O. The van der Waals surface area contributed by atoms with E-state index in [1.165, 1.54) is 32.6 Å². The molecule has 176 valence electrons. The lowest BCUT2D eigenvalue weighted by atomic mass is 10.1. The van der Waals surface area contributed by atoms with Gasteiger partial charge in [0.15, 0.2) is 0 Å². The summed E-state index contributed by atoms with van der Waals surface area (Å²) in [6.45, 7) is 20.4. The van der Waals surface area contributed by atoms with Gasteiger partial charge in [-0.05, 0) is 68.6 Å². The average Bonchev–Trinajstić information content (AvgIpc) is 2.71. The predicted molar refractivity (Wildman–Crippen MR) is 132 cm³/mol. The molecule has 5 nitrogen and oxygen atoms in total. The van der Waals surface area contributed by atoms with E-state index in [1.54, 1.807) is 24.3 Å². The van der Waals surface area contributed by atoms with Crippen LogP contribution < -0.4 is 5.32 Å². The van der Waals surface area contributed by atoms with E-state index in [9.17, 15) is 4.79 Å². The van der Waals surface area contributed by atoms with Crippen LogP contribution in [0.2, 0.25) is 5.02 Å². The molecule has 2 rings (SSSR count). The summed E-state index contributed by atoms with van der Waals surface area (Å²) in [4.78, 5) is 19.9. The van der Waals surface area contributed by atoms with Crippen molar-refractivity contribution >= 4 is 17.5 Å². The second-order valence-corrected chi connectivity index (χ2v) is 10.1. The first-order chi connectivity index (χ1) is 14.8. The van der Waals surface area contributed by atoms with Crippen LogP contribution in [0.3, 0.4) is 0 Å². The quantitative estimate of drug-likeness (QED) is 0.459. The molecule has 0 radical (unpaired) electrons. The fourth-order valence-corrected chi connectivity index (χ4v) is 4.38. The van der Waals surface area contributed by atoms with E-state index in [0.717, 1.165) is 51.0 Å². The number of rotatable bonds is 13. The summed E-state index contributed by atoms with van der Waals surface area (Å²) < 4.78 is 0. The van der Waals surface area contributed by atoms with Gasteiger partial charge in [0.1, 0.15) is 0 Å². The summed E-state index contributed by atoms with van der Waals surface area (Å²) >= 11 is 5.87. The van der Waals surface area contributed by atoms with Crippen LogP contribution in [-0.2, 0) is 0 Å². The maximum absolute atomic E-state index is 12.1. The number of nitrogens with one attached hydrogen (secondary N) is 1. The second-order valence-electron chi connectivity index (χ2n) is 9.70. The van der Waals surface area contributed by atoms with Crippen molar-refractivity contribution in [2.24, 2.45) is 11.8 Å². The molecule has 0 spiro atoms. The van der Waals surface area contributed by atoms with Crippen molar-refractivity contribution in [2.75, 3.05) is 65.4 Å². The fourth-order valence-electron chi connectivity index (χ4n) is 4.25. The molecule has 0 bridgehead atoms. The summed E-state index contributed by atoms with van der Waals surface area (Å²) in [6.07, 6.45) is 2.24. The third-order valence-electron chi connectivity index (χ3n) is 5.70. The zero-order valence-corrected chi connectivity index (χ0v) is 20.8. The number of piperazine rings is 1. The minimum atomic E-state index is -0.0227. The number of benzene rings is 1. The number of amides is 1. The summed E-state index contributed by atoms with van der Waals surface area (Å²) in [5.74, 6) is 1.45. The maximum Gasteiger partial charge on any atom is 0.251 e. The van der Waals surface area contributed by atoms with Gasteiger partial charge in [0.2, 0.25) is 0 Å². The van der Waals surface area contributed by atoms with Gasteiger partial charge in [0.05, 0.1) is 0 Å². The Morgan fingerprint density at radius 3 is 1.97 bits per heavy atom. The summed E-state index contributed by atoms with van der Waals surface area (Å²) in [6, 6.07) is 7.04. The molecule has 1 fully saturated rings. The zero-order chi connectivity index (χ0) is 22.6. The van der Waals surface area contributed by atoms with E-state index in [-0.39, 0.29) is 5.91 Å². The van der Waals surface area contributed by atoms with Crippen LogP contribution in [0, 0.1) is 11.8 Å². The molecule has 1 aromatic rings. The molecule has 1 N–H and O–H groups in total. The molecule has 1 aliphatic heterocycles. The van der Waals surface area contributed by atoms with Crippen molar-refractivity contribution in [2.45, 2.75) is 40.5 Å². The predicted octanol–water partition coefficient (Wildman–Crippen LogP) is 4.08. The Bertz CT molecular complexity index is 617. The highest BCUT2D eigenvalue weighted by atomic mass is 35.5. The minimum absolute atomic E-state index is 0.0227. The van der Waals surface area contributed by atoms with Gasteiger partial charge in [-0.15, -0.1) is 0 Å². The molecule has 0 aromatic heterocycles.